The Kier molecular flexibility index (Phi) is 7.90. The van der Waals surface area contributed by atoms with Gasteiger partial charge in [-0.15, -0.1) is 0 Å². The lowest BCUT2D eigenvalue weighted by molar-refractivity contribution is -0.116. The summed E-state index contributed by atoms with van der Waals surface area (Å²) in [5.41, 5.74) is 1.83. The number of benzene rings is 3. The summed E-state index contributed by atoms with van der Waals surface area (Å²) in [4.78, 5) is 12.5. The summed E-state index contributed by atoms with van der Waals surface area (Å²) in [6.45, 7) is 1.27. The van der Waals surface area contributed by atoms with E-state index in [-0.39, 0.29) is 27.2 Å². The van der Waals surface area contributed by atoms with E-state index in [0.717, 1.165) is 9.87 Å². The molecule has 1 amide bonds. The van der Waals surface area contributed by atoms with Gasteiger partial charge in [-0.2, -0.15) is 4.31 Å². The van der Waals surface area contributed by atoms with E-state index < -0.39 is 28.3 Å². The van der Waals surface area contributed by atoms with Crippen LogP contribution in [0.15, 0.2) is 71.6 Å². The van der Waals surface area contributed by atoms with Crippen LogP contribution in [0.25, 0.3) is 0 Å². The largest absolute Gasteiger partial charge is 0.325 e. The van der Waals surface area contributed by atoms with Crippen molar-refractivity contribution in [3.05, 3.63) is 93.7 Å². The molecule has 0 atom stereocenters. The Hall–Kier alpha value is -2.45. The molecule has 5 nitrogen and oxygen atoms in total. The van der Waals surface area contributed by atoms with E-state index in [1.807, 2.05) is 30.3 Å². The van der Waals surface area contributed by atoms with Gasteiger partial charge in [0.2, 0.25) is 15.9 Å². The second-order valence-corrected chi connectivity index (χ2v) is 9.91. The number of hydrogen-bond donors (Lipinski definition) is 1. The Morgan fingerprint density at radius 1 is 1.03 bits per heavy atom. The molecule has 0 bridgehead atoms. The molecule has 0 spiro atoms. The van der Waals surface area contributed by atoms with Crippen molar-refractivity contribution in [3.63, 3.8) is 0 Å². The maximum Gasteiger partial charge on any atom is 0.245 e. The van der Waals surface area contributed by atoms with Crippen molar-refractivity contribution in [2.45, 2.75) is 18.2 Å². The summed E-state index contributed by atoms with van der Waals surface area (Å²) in [6.07, 6.45) is 0.379. The number of carbonyl (C=O) groups is 1. The van der Waals surface area contributed by atoms with Gasteiger partial charge in [0.15, 0.2) is 0 Å². The molecule has 32 heavy (non-hydrogen) atoms. The van der Waals surface area contributed by atoms with Crippen LogP contribution in [-0.4, -0.2) is 31.7 Å². The van der Waals surface area contributed by atoms with Crippen molar-refractivity contribution < 1.29 is 17.6 Å². The Morgan fingerprint density at radius 2 is 1.75 bits per heavy atom. The van der Waals surface area contributed by atoms with E-state index in [9.17, 15) is 17.6 Å². The molecule has 0 fully saturated rings. The number of halogens is 3. The molecule has 168 valence electrons. The molecule has 9 heteroatoms. The quantitative estimate of drug-likeness (QED) is 0.461. The first-order chi connectivity index (χ1) is 15.2. The van der Waals surface area contributed by atoms with E-state index in [1.165, 1.54) is 36.4 Å². The Labute approximate surface area is 196 Å². The predicted octanol–water partition coefficient (Wildman–Crippen LogP) is 5.31. The number of anilines is 1. The molecule has 3 aromatic rings. The van der Waals surface area contributed by atoms with Crippen LogP contribution in [-0.2, 0) is 21.2 Å². The van der Waals surface area contributed by atoms with Crippen molar-refractivity contribution in [2.24, 2.45) is 0 Å². The van der Waals surface area contributed by atoms with E-state index in [2.05, 4.69) is 5.32 Å². The lowest BCUT2D eigenvalue weighted by atomic mass is 10.1. The van der Waals surface area contributed by atoms with E-state index in [0.29, 0.717) is 12.0 Å². The lowest BCUT2D eigenvalue weighted by Crippen LogP contribution is -2.39. The predicted molar refractivity (Wildman–Crippen MR) is 125 cm³/mol. The van der Waals surface area contributed by atoms with Crippen molar-refractivity contribution in [1.82, 2.24) is 4.31 Å². The van der Waals surface area contributed by atoms with Crippen LogP contribution in [0, 0.1) is 12.7 Å². The topological polar surface area (TPSA) is 66.5 Å². The Bertz CT molecular complexity index is 1220. The van der Waals surface area contributed by atoms with Crippen LogP contribution in [0.3, 0.4) is 0 Å². The maximum absolute atomic E-state index is 13.6. The summed E-state index contributed by atoms with van der Waals surface area (Å²) in [7, 11) is -4.15. The summed E-state index contributed by atoms with van der Waals surface area (Å²) in [5, 5.41) is 2.79. The average molecular weight is 495 g/mol. The molecule has 0 aliphatic rings. The highest BCUT2D eigenvalue weighted by Crippen LogP contribution is 2.28. The minimum Gasteiger partial charge on any atom is -0.325 e. The van der Waals surface area contributed by atoms with E-state index >= 15 is 0 Å². The minimum absolute atomic E-state index is 0.000458. The number of nitrogens with zero attached hydrogens (tertiary/aromatic N) is 1. The number of rotatable bonds is 8. The van der Waals surface area contributed by atoms with Gasteiger partial charge in [-0.1, -0.05) is 59.6 Å². The molecule has 0 radical (unpaired) electrons. The van der Waals surface area contributed by atoms with Crippen molar-refractivity contribution in [1.29, 1.82) is 0 Å². The van der Waals surface area contributed by atoms with Crippen LogP contribution >= 0.6 is 23.2 Å². The molecule has 3 aromatic carbocycles. The number of sulfonamides is 1. The maximum atomic E-state index is 13.6. The molecule has 0 heterocycles. The molecule has 0 aliphatic carbocycles. The molecule has 0 saturated carbocycles. The lowest BCUT2D eigenvalue weighted by Gasteiger charge is -2.23. The Balaban J connectivity index is 1.88. The van der Waals surface area contributed by atoms with Gasteiger partial charge in [0.05, 0.1) is 11.6 Å². The SMILES string of the molecule is Cc1ccc(F)cc1NC(=O)CN(CCc1ccccc1)S(=O)(=O)c1cc(Cl)ccc1Cl. The van der Waals surface area contributed by atoms with Gasteiger partial charge in [0.25, 0.3) is 0 Å². The average Bonchev–Trinajstić information content (AvgIpc) is 2.76. The number of amides is 1. The fourth-order valence-corrected chi connectivity index (χ4v) is 5.21. The Morgan fingerprint density at radius 3 is 2.47 bits per heavy atom. The third-order valence-corrected chi connectivity index (χ3v) is 7.36. The highest BCUT2D eigenvalue weighted by atomic mass is 35.5. The van der Waals surface area contributed by atoms with Gasteiger partial charge in [-0.3, -0.25) is 4.79 Å². The van der Waals surface area contributed by atoms with Crippen LogP contribution in [0.1, 0.15) is 11.1 Å². The van der Waals surface area contributed by atoms with Crippen molar-refractivity contribution in [2.75, 3.05) is 18.4 Å². The minimum atomic E-state index is -4.15. The third kappa shape index (κ3) is 6.07. The smallest absolute Gasteiger partial charge is 0.245 e. The highest BCUT2D eigenvalue weighted by Gasteiger charge is 2.29. The van der Waals surface area contributed by atoms with Gasteiger partial charge >= 0.3 is 0 Å². The first-order valence-electron chi connectivity index (χ1n) is 9.72. The molecular weight excluding hydrogens is 474 g/mol. The normalized spacial score (nSPS) is 11.5. The zero-order chi connectivity index (χ0) is 23.3. The number of hydrogen-bond acceptors (Lipinski definition) is 3. The standard InChI is InChI=1S/C23H21Cl2FN2O3S/c1-16-7-9-19(26)14-21(16)27-23(29)15-28(12-11-17-5-3-2-4-6-17)32(30,31)22-13-18(24)8-10-20(22)25/h2-10,13-14H,11-12,15H2,1H3,(H,27,29). The van der Waals surface area contributed by atoms with Crippen LogP contribution < -0.4 is 5.32 Å². The monoisotopic (exact) mass is 494 g/mol. The van der Waals surface area contributed by atoms with E-state index in [1.54, 1.807) is 6.92 Å². The summed E-state index contributed by atoms with van der Waals surface area (Å²) >= 11 is 12.1. The number of nitrogens with one attached hydrogen (secondary N) is 1. The third-order valence-electron chi connectivity index (χ3n) is 4.80. The van der Waals surface area contributed by atoms with E-state index in [4.69, 9.17) is 23.2 Å². The van der Waals surface area contributed by atoms with Crippen LogP contribution in [0.2, 0.25) is 10.0 Å². The molecule has 0 unspecified atom stereocenters. The fraction of sp³-hybridized carbons (Fsp3) is 0.174. The van der Waals surface area contributed by atoms with Gasteiger partial charge in [0, 0.05) is 17.3 Å². The zero-order valence-corrected chi connectivity index (χ0v) is 19.5. The van der Waals surface area contributed by atoms with Gasteiger partial charge in [0.1, 0.15) is 10.7 Å². The second kappa shape index (κ2) is 10.4. The second-order valence-electron chi connectivity index (χ2n) is 7.16. The summed E-state index contributed by atoms with van der Waals surface area (Å²) < 4.78 is 41.4. The molecule has 0 aromatic heterocycles. The molecule has 0 saturated heterocycles. The van der Waals surface area contributed by atoms with Gasteiger partial charge in [-0.25, -0.2) is 12.8 Å². The van der Waals surface area contributed by atoms with Crippen molar-refractivity contribution in [3.8, 4) is 0 Å². The molecule has 1 N–H and O–H groups in total. The highest BCUT2D eigenvalue weighted by molar-refractivity contribution is 7.89. The molecular formula is C23H21Cl2FN2O3S. The fourth-order valence-electron chi connectivity index (χ4n) is 3.08. The van der Waals surface area contributed by atoms with Crippen molar-refractivity contribution >= 4 is 44.8 Å². The van der Waals surface area contributed by atoms with Crippen LogP contribution in [0.5, 0.6) is 0 Å². The van der Waals surface area contributed by atoms with Crippen LogP contribution in [0.4, 0.5) is 10.1 Å². The first-order valence-corrected chi connectivity index (χ1v) is 11.9. The summed E-state index contributed by atoms with van der Waals surface area (Å²) in [5.74, 6) is -1.11. The zero-order valence-electron chi connectivity index (χ0n) is 17.2. The number of aryl methyl sites for hydroxylation is 1. The first kappa shape index (κ1) is 24.2. The summed E-state index contributed by atoms with van der Waals surface area (Å²) in [6, 6.07) is 17.4. The molecule has 0 aliphatic heterocycles. The van der Waals surface area contributed by atoms with Gasteiger partial charge in [-0.05, 0) is 54.8 Å². The van der Waals surface area contributed by atoms with Gasteiger partial charge < -0.3 is 5.32 Å². The molecule has 3 rings (SSSR count). The number of carbonyl (C=O) groups excluding carboxylic acids is 1.